The van der Waals surface area contributed by atoms with Crippen molar-refractivity contribution >= 4 is 82.6 Å². The lowest BCUT2D eigenvalue weighted by Crippen LogP contribution is -2.27. The first-order chi connectivity index (χ1) is 45.7. The van der Waals surface area contributed by atoms with Gasteiger partial charge < -0.3 is 46.0 Å². The molecule has 1 aliphatic rings. The highest BCUT2D eigenvalue weighted by molar-refractivity contribution is 7.99. The first-order valence-corrected chi connectivity index (χ1v) is 31.2. The molecule has 0 radical (unpaired) electrons. The van der Waals surface area contributed by atoms with Gasteiger partial charge in [-0.25, -0.2) is 32.8 Å². The van der Waals surface area contributed by atoms with Crippen molar-refractivity contribution in [1.29, 1.82) is 0 Å². The summed E-state index contributed by atoms with van der Waals surface area (Å²) in [4.78, 5) is 60.6. The van der Waals surface area contributed by atoms with E-state index in [4.69, 9.17) is 15.3 Å². The molecule has 0 bridgehead atoms. The normalized spacial score (nSPS) is 11.9. The molecular formula is C74H63F5N3O12PS. The highest BCUT2D eigenvalue weighted by Gasteiger charge is 2.33. The fraction of sp³-hybridized carbons (Fsp3) is 0.108. The molecule has 1 aliphatic heterocycles. The lowest BCUT2D eigenvalue weighted by molar-refractivity contribution is -0.141. The number of benzene rings is 9. The van der Waals surface area contributed by atoms with Crippen molar-refractivity contribution in [1.82, 2.24) is 4.98 Å². The van der Waals surface area contributed by atoms with Gasteiger partial charge in [0, 0.05) is 45.5 Å². The van der Waals surface area contributed by atoms with Crippen LogP contribution in [0.5, 0.6) is 5.75 Å². The summed E-state index contributed by atoms with van der Waals surface area (Å²) in [6.07, 6.45) is -4.03. The molecule has 0 fully saturated rings. The fourth-order valence-corrected chi connectivity index (χ4v) is 12.9. The van der Waals surface area contributed by atoms with Crippen molar-refractivity contribution in [3.8, 4) is 17.0 Å². The molecule has 0 saturated carbocycles. The lowest BCUT2D eigenvalue weighted by Gasteiger charge is -2.20. The Morgan fingerprint density at radius 2 is 1.10 bits per heavy atom. The third-order valence-corrected chi connectivity index (χ3v) is 17.7. The maximum atomic E-state index is 13.4. The van der Waals surface area contributed by atoms with Crippen LogP contribution in [0.4, 0.5) is 33.3 Å². The van der Waals surface area contributed by atoms with E-state index in [0.29, 0.717) is 48.6 Å². The Balaban J connectivity index is 0.000000174. The van der Waals surface area contributed by atoms with E-state index in [1.807, 2.05) is 133 Å². The number of aromatic carboxylic acids is 4. The molecule has 8 N–H and O–H groups in total. The number of esters is 1. The van der Waals surface area contributed by atoms with Crippen LogP contribution in [0.3, 0.4) is 0 Å². The highest BCUT2D eigenvalue weighted by Crippen LogP contribution is 2.40. The monoisotopic (exact) mass is 1340 g/mol. The zero-order valence-electron chi connectivity index (χ0n) is 51.5. The number of anilines is 2. The number of carbonyl (C=O) groups excluding carboxylic acids is 1. The molecule has 2 heterocycles. The van der Waals surface area contributed by atoms with Crippen molar-refractivity contribution in [2.75, 3.05) is 17.7 Å². The number of methoxy groups -OCH3 is 1. The van der Waals surface area contributed by atoms with Crippen molar-refractivity contribution in [3.05, 3.63) is 299 Å². The minimum absolute atomic E-state index is 0.0764. The second-order valence-electron chi connectivity index (χ2n) is 21.0. The molecule has 96 heavy (non-hydrogen) atoms. The van der Waals surface area contributed by atoms with Crippen molar-refractivity contribution < 1.29 is 81.3 Å². The fourth-order valence-electron chi connectivity index (χ4n) is 9.40. The van der Waals surface area contributed by atoms with Crippen molar-refractivity contribution in [3.63, 3.8) is 0 Å². The molecule has 0 amide bonds. The van der Waals surface area contributed by atoms with Crippen LogP contribution >= 0.6 is 19.7 Å². The second-order valence-corrected chi connectivity index (χ2v) is 24.3. The molecule has 22 heteroatoms. The van der Waals surface area contributed by atoms with E-state index >= 15 is 0 Å². The number of fused-ring (bicyclic) bond motifs is 1. The van der Waals surface area contributed by atoms with E-state index in [1.165, 1.54) is 18.7 Å². The quantitative estimate of drug-likeness (QED) is 0.0147. The number of para-hydroxylation sites is 3. The first-order valence-electron chi connectivity index (χ1n) is 29.0. The Bertz CT molecular complexity index is 4230. The summed E-state index contributed by atoms with van der Waals surface area (Å²) in [6, 6.07) is 68.0. The number of halogens is 5. The third kappa shape index (κ3) is 20.2. The number of hydrogen-bond acceptors (Lipinski definition) is 12. The summed E-state index contributed by atoms with van der Waals surface area (Å²) < 4.78 is 69.8. The summed E-state index contributed by atoms with van der Waals surface area (Å²) >= 11 is 0.562. The maximum absolute atomic E-state index is 13.4. The van der Waals surface area contributed by atoms with Gasteiger partial charge in [0.1, 0.15) is 17.6 Å². The molecule has 0 saturated heterocycles. The van der Waals surface area contributed by atoms with Crippen LogP contribution in [0.1, 0.15) is 81.9 Å². The number of alkyl halides is 5. The predicted molar refractivity (Wildman–Crippen MR) is 362 cm³/mol. The summed E-state index contributed by atoms with van der Waals surface area (Å²) in [5.41, 5.74) is 4.52. The summed E-state index contributed by atoms with van der Waals surface area (Å²) in [5.74, 6) is -8.59. The number of nitrogens with one attached hydrogen (secondary N) is 2. The summed E-state index contributed by atoms with van der Waals surface area (Å²) in [5, 5.41) is 65.0. The number of aromatic hydroxyl groups is 1. The maximum Gasteiger partial charge on any atom is 0.416 e. The van der Waals surface area contributed by atoms with Crippen LogP contribution in [0.25, 0.3) is 17.0 Å². The van der Waals surface area contributed by atoms with Gasteiger partial charge in [-0.15, -0.1) is 0 Å². The first kappa shape index (κ1) is 72.3. The molecule has 10 aromatic rings. The zero-order chi connectivity index (χ0) is 69.7. The largest absolute Gasteiger partial charge is 0.508 e. The predicted octanol–water partition coefficient (Wildman–Crippen LogP) is 16.0. The Morgan fingerprint density at radius 3 is 1.65 bits per heavy atom. The van der Waals surface area contributed by atoms with Crippen LogP contribution < -0.4 is 26.5 Å². The summed E-state index contributed by atoms with van der Waals surface area (Å²) in [7, 11) is 0.530. The molecular weight excluding hydrogens is 1280 g/mol. The number of ether oxygens (including phenoxy) is 1. The highest BCUT2D eigenvalue weighted by atomic mass is 32.2. The van der Waals surface area contributed by atoms with E-state index < -0.39 is 66.2 Å². The molecule has 9 aromatic carbocycles. The Morgan fingerprint density at radius 1 is 0.583 bits per heavy atom. The van der Waals surface area contributed by atoms with Crippen molar-refractivity contribution in [2.45, 2.75) is 54.7 Å². The van der Waals surface area contributed by atoms with Gasteiger partial charge in [0.05, 0.1) is 58.5 Å². The van der Waals surface area contributed by atoms with Gasteiger partial charge in [-0.1, -0.05) is 188 Å². The van der Waals surface area contributed by atoms with Gasteiger partial charge in [-0.05, 0) is 109 Å². The number of rotatable bonds is 16. The van der Waals surface area contributed by atoms with Gasteiger partial charge in [0.15, 0.2) is 0 Å². The van der Waals surface area contributed by atoms with Gasteiger partial charge in [0.2, 0.25) is 0 Å². The van der Waals surface area contributed by atoms with E-state index in [-0.39, 0.29) is 44.4 Å². The molecule has 1 unspecified atom stereocenters. The second kappa shape index (κ2) is 33.6. The van der Waals surface area contributed by atoms with Crippen molar-refractivity contribution in [2.24, 2.45) is 0 Å². The number of hydrogen-bond donors (Lipinski definition) is 8. The number of aliphatic hydroxyl groups is 1. The number of pyridine rings is 1. The lowest BCUT2D eigenvalue weighted by atomic mass is 10.0. The van der Waals surface area contributed by atoms with Gasteiger partial charge in [-0.2, -0.15) is 13.2 Å². The summed E-state index contributed by atoms with van der Waals surface area (Å²) in [6.45, 7) is 6.23. The van der Waals surface area contributed by atoms with Gasteiger partial charge >= 0.3 is 36.0 Å². The number of carbonyl (C=O) groups is 5. The van der Waals surface area contributed by atoms with Crippen LogP contribution in [0, 0.1) is 6.92 Å². The standard InChI is InChI=1S/C19H15O2P.C18H16N2O.C17H11F5O4S.C10H11NO2.C10H10O3/c20-19(21)17-13-7-8-14-18(17)22(15-9-3-1-4-10-15)16-11-5-2-6-12-16;21-18-12-5-4-10-17(18)19-13-15-9-6-11-16(20-15)14-7-2-1-3-8-14;1-16(18,19)8-2-4-12(10(6-8)14(23)24)27-13-5-3-9(17(20,21)22)7-11(13)15(25)26;1-13-10(12)9-6-7-4-2-3-5-8(7)11-9;1-6-3-4-8(7(2)11)9(5-6)10(12)13/h1-14H,(H,20,21);1-12,19,21H,13H2;2-7H,1H3,(H,23,24)(H,25,26);2-5,9,11H,6H2,1H3;3-5,11H,2H2,1H3,(H,12,13). The Labute approximate surface area is 554 Å². The van der Waals surface area contributed by atoms with Crippen LogP contribution in [0.2, 0.25) is 0 Å². The van der Waals surface area contributed by atoms with Crippen LogP contribution in [-0.4, -0.2) is 78.6 Å². The van der Waals surface area contributed by atoms with E-state index in [0.717, 1.165) is 74.8 Å². The van der Waals surface area contributed by atoms with Crippen LogP contribution in [-0.2, 0) is 34.6 Å². The Kier molecular flexibility index (Phi) is 25.3. The number of aromatic nitrogens is 1. The molecule has 0 aliphatic carbocycles. The topological polar surface area (TPSA) is 253 Å². The van der Waals surface area contributed by atoms with Gasteiger partial charge in [0.25, 0.3) is 5.92 Å². The number of phenolic OH excluding ortho intramolecular Hbond substituents is 1. The molecule has 0 spiro atoms. The van der Waals surface area contributed by atoms with E-state index in [2.05, 4.69) is 51.2 Å². The smallest absolute Gasteiger partial charge is 0.416 e. The average Bonchev–Trinajstić information content (AvgIpc) is 1.11. The minimum atomic E-state index is -4.76. The van der Waals surface area contributed by atoms with Crippen LogP contribution in [0.15, 0.2) is 253 Å². The number of nitrogens with zero attached hydrogens (tertiary/aromatic N) is 1. The Hall–Kier alpha value is -11.2. The van der Waals surface area contributed by atoms with E-state index in [1.54, 1.807) is 43.3 Å². The number of aryl methyl sites for hydroxylation is 1. The molecule has 1 atom stereocenters. The number of carboxylic acid groups (broad SMARTS) is 4. The number of aliphatic hydroxyl groups excluding tert-OH is 1. The number of carboxylic acids is 4. The molecule has 1 aromatic heterocycles. The molecule has 492 valence electrons. The SMILES string of the molecule is C=C(O)c1ccc(C)cc1C(=O)O.CC(F)(F)c1ccc(Sc2ccc(C(F)(F)F)cc2C(=O)O)c(C(=O)O)c1.COC(=O)C1Cc2ccccc2N1.O=C(O)c1ccccc1P(c1ccccc1)c1ccccc1.Oc1ccccc1NCc1cccc(-c2ccccc2)n1. The number of phenols is 1. The van der Waals surface area contributed by atoms with E-state index in [9.17, 15) is 61.2 Å². The molecule has 11 rings (SSSR count). The van der Waals surface area contributed by atoms with Gasteiger partial charge in [-0.3, -0.25) is 4.98 Å². The third-order valence-electron chi connectivity index (χ3n) is 14.1. The minimum Gasteiger partial charge on any atom is -0.508 e. The molecule has 15 nitrogen and oxygen atoms in total. The average molecular weight is 1340 g/mol. The zero-order valence-corrected chi connectivity index (χ0v) is 53.3.